The first-order chi connectivity index (χ1) is 5.83. The third kappa shape index (κ3) is 2.95. The van der Waals surface area contributed by atoms with Gasteiger partial charge in [0.1, 0.15) is 0 Å². The van der Waals surface area contributed by atoms with Crippen molar-refractivity contribution in [3.8, 4) is 0 Å². The van der Waals surface area contributed by atoms with Crippen LogP contribution in [0.25, 0.3) is 0 Å². The fourth-order valence-corrected chi connectivity index (χ4v) is 6.70. The third-order valence-electron chi connectivity index (χ3n) is 3.61. The summed E-state index contributed by atoms with van der Waals surface area (Å²) in [4.78, 5) is 0. The summed E-state index contributed by atoms with van der Waals surface area (Å²) in [5.41, 5.74) is 0. The van der Waals surface area contributed by atoms with Crippen LogP contribution in [0, 0.1) is 0 Å². The summed E-state index contributed by atoms with van der Waals surface area (Å²) in [7, 11) is 0. The number of hydrogen-bond donors (Lipinski definition) is 0. The van der Waals surface area contributed by atoms with E-state index in [0.717, 1.165) is 0 Å². The molecule has 1 aliphatic rings. The summed E-state index contributed by atoms with van der Waals surface area (Å²) in [6.07, 6.45) is 3.11. The Kier molecular flexibility index (Phi) is 5.03. The van der Waals surface area contributed by atoms with Crippen LogP contribution in [0.1, 0.15) is 26.7 Å². The molecule has 1 aliphatic heterocycles. The standard InChI is InChI=1S/C10H22N.In.H/c1-5-9-11(7-3,8-4)10-6-2;;/h1-2,5-10H2,3-4H3;;/q+1;;. The van der Waals surface area contributed by atoms with Gasteiger partial charge in [-0.05, 0) is 0 Å². The van der Waals surface area contributed by atoms with Gasteiger partial charge < -0.3 is 0 Å². The Bertz CT molecular complexity index is 111. The summed E-state index contributed by atoms with van der Waals surface area (Å²) >= 11 is -0.187. The van der Waals surface area contributed by atoms with Gasteiger partial charge in [-0.25, -0.2) is 0 Å². The zero-order valence-corrected chi connectivity index (χ0v) is 12.8. The van der Waals surface area contributed by atoms with Crippen molar-refractivity contribution in [2.45, 2.75) is 35.0 Å². The van der Waals surface area contributed by atoms with Gasteiger partial charge in [-0.2, -0.15) is 0 Å². The van der Waals surface area contributed by atoms with Gasteiger partial charge in [0, 0.05) is 0 Å². The van der Waals surface area contributed by atoms with Crippen LogP contribution >= 0.6 is 0 Å². The topological polar surface area (TPSA) is 0 Å². The minimum absolute atomic E-state index is 0.187. The monoisotopic (exact) mass is 272 g/mol. The van der Waals surface area contributed by atoms with E-state index < -0.39 is 0 Å². The Morgan fingerprint density at radius 3 is 1.92 bits per heavy atom. The van der Waals surface area contributed by atoms with Crippen molar-refractivity contribution >= 4 is 22.9 Å². The zero-order valence-electron chi connectivity index (χ0n) is 8.81. The van der Waals surface area contributed by atoms with Crippen molar-refractivity contribution in [1.29, 1.82) is 0 Å². The summed E-state index contributed by atoms with van der Waals surface area (Å²) in [6, 6.07) is 0. The molecule has 1 fully saturated rings. The Morgan fingerprint density at radius 1 is 1.00 bits per heavy atom. The van der Waals surface area contributed by atoms with Crippen molar-refractivity contribution in [2.75, 3.05) is 26.2 Å². The molecule has 0 unspecified atom stereocenters. The zero-order chi connectivity index (χ0) is 8.86. The van der Waals surface area contributed by atoms with Gasteiger partial charge in [0.15, 0.2) is 0 Å². The van der Waals surface area contributed by atoms with Crippen LogP contribution < -0.4 is 0 Å². The van der Waals surface area contributed by atoms with Gasteiger partial charge in [0.2, 0.25) is 0 Å². The molecule has 1 rings (SSSR count). The molecule has 0 aliphatic carbocycles. The predicted molar refractivity (Wildman–Crippen MR) is 57.1 cm³/mol. The summed E-state index contributed by atoms with van der Waals surface area (Å²) < 4.78 is 4.79. The molecular weight excluding hydrogens is 249 g/mol. The van der Waals surface area contributed by atoms with Crippen LogP contribution in [0.4, 0.5) is 0 Å². The molecule has 0 saturated carbocycles. The molecule has 0 N–H and O–H groups in total. The maximum atomic E-state index is 2.37. The van der Waals surface area contributed by atoms with E-state index in [4.69, 9.17) is 0 Å². The van der Waals surface area contributed by atoms with E-state index in [0.29, 0.717) is 0 Å². The molecule has 0 aromatic carbocycles. The van der Waals surface area contributed by atoms with Gasteiger partial charge in [-0.15, -0.1) is 0 Å². The predicted octanol–water partition coefficient (Wildman–Crippen LogP) is 1.91. The molecule has 0 aromatic rings. The Balaban J connectivity index is 2.45. The van der Waals surface area contributed by atoms with Gasteiger partial charge in [0.05, 0.1) is 0 Å². The average Bonchev–Trinajstić information content (AvgIpc) is 2.06. The normalized spacial score (nSPS) is 23.8. The van der Waals surface area contributed by atoms with Crippen LogP contribution in [-0.2, 0) is 0 Å². The number of nitrogens with zero attached hydrogens (tertiary/aromatic N) is 1. The van der Waals surface area contributed by atoms with E-state index in [1.807, 2.05) is 0 Å². The van der Waals surface area contributed by atoms with Crippen molar-refractivity contribution in [3.05, 3.63) is 0 Å². The molecule has 1 heterocycles. The van der Waals surface area contributed by atoms with Crippen molar-refractivity contribution in [3.63, 3.8) is 0 Å². The molecule has 12 heavy (non-hydrogen) atoms. The van der Waals surface area contributed by atoms with Crippen LogP contribution in [0.2, 0.25) is 8.35 Å². The quantitative estimate of drug-likeness (QED) is 0.674. The molecule has 0 bridgehead atoms. The first-order valence-corrected chi connectivity index (χ1v) is 11.4. The second-order valence-electron chi connectivity index (χ2n) is 4.19. The third-order valence-corrected chi connectivity index (χ3v) is 9.31. The van der Waals surface area contributed by atoms with Gasteiger partial charge in [-0.1, -0.05) is 0 Å². The minimum atomic E-state index is -0.187. The fraction of sp³-hybridized carbons (Fsp3) is 1.00. The fourth-order valence-electron chi connectivity index (χ4n) is 2.39. The summed E-state index contributed by atoms with van der Waals surface area (Å²) in [5, 5.41) is 0. The molecule has 0 atom stereocenters. The Hall–Kier alpha value is 0.830. The molecule has 0 spiro atoms. The van der Waals surface area contributed by atoms with Crippen molar-refractivity contribution in [1.82, 2.24) is 0 Å². The molecule has 0 aromatic heterocycles. The second-order valence-corrected chi connectivity index (χ2v) is 10.2. The molecular formula is C10H23InN+. The summed E-state index contributed by atoms with van der Waals surface area (Å²) in [5.74, 6) is 0. The van der Waals surface area contributed by atoms with Gasteiger partial charge in [-0.3, -0.25) is 0 Å². The average molecular weight is 272 g/mol. The molecule has 70 valence electrons. The van der Waals surface area contributed by atoms with E-state index in [9.17, 15) is 0 Å². The first-order valence-electron chi connectivity index (χ1n) is 5.68. The van der Waals surface area contributed by atoms with E-state index in [-0.39, 0.29) is 22.9 Å². The number of rotatable bonds is 2. The van der Waals surface area contributed by atoms with E-state index in [2.05, 4.69) is 13.8 Å². The summed E-state index contributed by atoms with van der Waals surface area (Å²) in [6.45, 7) is 10.5. The Labute approximate surface area is 88.5 Å². The van der Waals surface area contributed by atoms with E-state index in [1.165, 1.54) is 30.7 Å². The molecule has 1 nitrogen and oxygen atoms in total. The first kappa shape index (κ1) is 10.9. The van der Waals surface area contributed by atoms with Crippen molar-refractivity contribution < 1.29 is 4.48 Å². The SMILES string of the molecule is CC[N+]1(CC)CC[CH2][InH][CH2]CC1. The Morgan fingerprint density at radius 2 is 1.50 bits per heavy atom. The van der Waals surface area contributed by atoms with Crippen LogP contribution in [-0.4, -0.2) is 53.6 Å². The number of hydrogen-bond acceptors (Lipinski definition) is 0. The van der Waals surface area contributed by atoms with Crippen molar-refractivity contribution in [2.24, 2.45) is 0 Å². The molecule has 0 amide bonds. The van der Waals surface area contributed by atoms with E-state index >= 15 is 0 Å². The second kappa shape index (κ2) is 5.54. The number of quaternary nitrogens is 1. The van der Waals surface area contributed by atoms with Gasteiger partial charge in [0.25, 0.3) is 0 Å². The van der Waals surface area contributed by atoms with Crippen LogP contribution in [0.5, 0.6) is 0 Å². The molecule has 1 saturated heterocycles. The molecule has 0 radical (unpaired) electrons. The van der Waals surface area contributed by atoms with Gasteiger partial charge >= 0.3 is 88.6 Å². The van der Waals surface area contributed by atoms with E-state index in [1.54, 1.807) is 21.2 Å². The van der Waals surface area contributed by atoms with Crippen LogP contribution in [0.3, 0.4) is 0 Å². The van der Waals surface area contributed by atoms with Crippen LogP contribution in [0.15, 0.2) is 0 Å². The maximum absolute atomic E-state index is 2.37. The molecule has 2 heteroatoms.